The fourth-order valence-corrected chi connectivity index (χ4v) is 2.34. The summed E-state index contributed by atoms with van der Waals surface area (Å²) < 4.78 is 0. The Hall–Kier alpha value is -1.62. The lowest BCUT2D eigenvalue weighted by Crippen LogP contribution is -1.98. The first kappa shape index (κ1) is 12.8. The highest BCUT2D eigenvalue weighted by Crippen LogP contribution is 2.21. The van der Waals surface area contributed by atoms with Crippen molar-refractivity contribution in [2.24, 2.45) is 0 Å². The van der Waals surface area contributed by atoms with Crippen molar-refractivity contribution in [3.05, 3.63) is 40.8 Å². The van der Waals surface area contributed by atoms with Crippen LogP contribution in [0, 0.1) is 20.8 Å². The molecule has 0 unspecified atom stereocenters. The Balaban J connectivity index is 2.08. The predicted molar refractivity (Wildman–Crippen MR) is 74.5 cm³/mol. The molecule has 0 bridgehead atoms. The van der Waals surface area contributed by atoms with E-state index in [1.54, 1.807) is 18.0 Å². The van der Waals surface area contributed by atoms with Crippen molar-refractivity contribution in [2.75, 3.05) is 5.73 Å². The third kappa shape index (κ3) is 2.98. The summed E-state index contributed by atoms with van der Waals surface area (Å²) in [6.07, 6.45) is 1.79. The SMILES string of the molecule is Cc1nc(SCc2ccc(N)nc2)nc(C)c1C. The zero-order chi connectivity index (χ0) is 13.1. The number of nitrogen functional groups attached to an aromatic ring is 1. The number of hydrogen-bond donors (Lipinski definition) is 1. The van der Waals surface area contributed by atoms with Crippen molar-refractivity contribution in [2.45, 2.75) is 31.7 Å². The first-order valence-electron chi connectivity index (χ1n) is 5.71. The summed E-state index contributed by atoms with van der Waals surface area (Å²) in [5.74, 6) is 1.34. The standard InChI is InChI=1S/C13H16N4S/c1-8-9(2)16-13(17-10(8)3)18-7-11-4-5-12(14)15-6-11/h4-6H,7H2,1-3H3,(H2,14,15). The smallest absolute Gasteiger partial charge is 0.188 e. The normalized spacial score (nSPS) is 10.6. The summed E-state index contributed by atoms with van der Waals surface area (Å²) in [7, 11) is 0. The fraction of sp³-hybridized carbons (Fsp3) is 0.308. The van der Waals surface area contributed by atoms with Gasteiger partial charge in [0.25, 0.3) is 0 Å². The van der Waals surface area contributed by atoms with Gasteiger partial charge in [0.15, 0.2) is 5.16 Å². The van der Waals surface area contributed by atoms with Crippen LogP contribution in [-0.2, 0) is 5.75 Å². The topological polar surface area (TPSA) is 64.7 Å². The number of pyridine rings is 1. The van der Waals surface area contributed by atoms with Gasteiger partial charge in [-0.2, -0.15) is 0 Å². The molecule has 0 spiro atoms. The van der Waals surface area contributed by atoms with E-state index in [0.29, 0.717) is 5.82 Å². The molecule has 0 aliphatic rings. The van der Waals surface area contributed by atoms with Gasteiger partial charge in [0.05, 0.1) is 0 Å². The molecule has 0 saturated carbocycles. The van der Waals surface area contributed by atoms with E-state index in [0.717, 1.165) is 33.4 Å². The molecule has 0 radical (unpaired) electrons. The molecular formula is C13H16N4S. The second-order valence-electron chi connectivity index (χ2n) is 4.18. The number of nitrogens with zero attached hydrogens (tertiary/aromatic N) is 3. The van der Waals surface area contributed by atoms with Gasteiger partial charge in [-0.15, -0.1) is 0 Å². The summed E-state index contributed by atoms with van der Waals surface area (Å²) in [6.45, 7) is 6.07. The van der Waals surface area contributed by atoms with E-state index in [9.17, 15) is 0 Å². The molecule has 0 amide bonds. The lowest BCUT2D eigenvalue weighted by atomic mass is 10.2. The molecule has 0 aromatic carbocycles. The van der Waals surface area contributed by atoms with Crippen molar-refractivity contribution in [1.82, 2.24) is 15.0 Å². The zero-order valence-corrected chi connectivity index (χ0v) is 11.6. The lowest BCUT2D eigenvalue weighted by molar-refractivity contribution is 0.880. The molecule has 0 atom stereocenters. The van der Waals surface area contributed by atoms with Crippen LogP contribution < -0.4 is 5.73 Å². The molecule has 4 nitrogen and oxygen atoms in total. The van der Waals surface area contributed by atoms with Crippen LogP contribution in [0.2, 0.25) is 0 Å². The Morgan fingerprint density at radius 3 is 2.33 bits per heavy atom. The molecule has 2 aromatic rings. The van der Waals surface area contributed by atoms with E-state index in [4.69, 9.17) is 5.73 Å². The second kappa shape index (κ2) is 5.35. The van der Waals surface area contributed by atoms with Crippen molar-refractivity contribution in [3.63, 3.8) is 0 Å². The maximum absolute atomic E-state index is 5.55. The van der Waals surface area contributed by atoms with Crippen molar-refractivity contribution in [3.8, 4) is 0 Å². The lowest BCUT2D eigenvalue weighted by Gasteiger charge is -2.06. The highest BCUT2D eigenvalue weighted by atomic mass is 32.2. The van der Waals surface area contributed by atoms with Crippen LogP contribution in [0.3, 0.4) is 0 Å². The van der Waals surface area contributed by atoms with Gasteiger partial charge in [-0.05, 0) is 38.0 Å². The van der Waals surface area contributed by atoms with Crippen LogP contribution in [-0.4, -0.2) is 15.0 Å². The van der Waals surface area contributed by atoms with Gasteiger partial charge in [-0.3, -0.25) is 0 Å². The number of rotatable bonds is 3. The summed E-state index contributed by atoms with van der Waals surface area (Å²) in [5, 5.41) is 0.812. The molecule has 2 aromatic heterocycles. The van der Waals surface area contributed by atoms with Crippen LogP contribution in [0.15, 0.2) is 23.5 Å². The van der Waals surface area contributed by atoms with Gasteiger partial charge in [0.1, 0.15) is 5.82 Å². The molecule has 0 aliphatic carbocycles. The maximum Gasteiger partial charge on any atom is 0.188 e. The van der Waals surface area contributed by atoms with Gasteiger partial charge in [0.2, 0.25) is 0 Å². The van der Waals surface area contributed by atoms with E-state index in [1.807, 2.05) is 32.9 Å². The number of nitrogens with two attached hydrogens (primary N) is 1. The molecule has 94 valence electrons. The first-order chi connectivity index (χ1) is 8.56. The van der Waals surface area contributed by atoms with Crippen LogP contribution in [0.4, 0.5) is 5.82 Å². The van der Waals surface area contributed by atoms with Crippen LogP contribution in [0.1, 0.15) is 22.5 Å². The van der Waals surface area contributed by atoms with Crippen molar-refractivity contribution < 1.29 is 0 Å². The van der Waals surface area contributed by atoms with E-state index in [1.165, 1.54) is 0 Å². The van der Waals surface area contributed by atoms with Crippen LogP contribution in [0.25, 0.3) is 0 Å². The van der Waals surface area contributed by atoms with Gasteiger partial charge < -0.3 is 5.73 Å². The predicted octanol–water partition coefficient (Wildman–Crippen LogP) is 2.67. The van der Waals surface area contributed by atoms with Crippen molar-refractivity contribution in [1.29, 1.82) is 0 Å². The largest absolute Gasteiger partial charge is 0.384 e. The summed E-state index contributed by atoms with van der Waals surface area (Å²) in [6, 6.07) is 3.78. The number of aryl methyl sites for hydroxylation is 2. The number of hydrogen-bond acceptors (Lipinski definition) is 5. The van der Waals surface area contributed by atoms with E-state index in [2.05, 4.69) is 15.0 Å². The molecule has 2 N–H and O–H groups in total. The average Bonchev–Trinajstić information content (AvgIpc) is 2.35. The summed E-state index contributed by atoms with van der Waals surface area (Å²) in [4.78, 5) is 13.0. The Morgan fingerprint density at radius 1 is 1.11 bits per heavy atom. The molecule has 0 fully saturated rings. The molecule has 2 rings (SSSR count). The van der Waals surface area contributed by atoms with Crippen molar-refractivity contribution >= 4 is 17.6 Å². The minimum atomic E-state index is 0.544. The third-order valence-electron chi connectivity index (χ3n) is 2.83. The molecular weight excluding hydrogens is 244 g/mol. The van der Waals surface area contributed by atoms with Gasteiger partial charge >= 0.3 is 0 Å². The minimum Gasteiger partial charge on any atom is -0.384 e. The molecule has 2 heterocycles. The van der Waals surface area contributed by atoms with Gasteiger partial charge in [-0.1, -0.05) is 17.8 Å². The second-order valence-corrected chi connectivity index (χ2v) is 5.12. The van der Waals surface area contributed by atoms with E-state index < -0.39 is 0 Å². The Bertz CT molecular complexity index is 528. The highest BCUT2D eigenvalue weighted by molar-refractivity contribution is 7.98. The molecule has 0 saturated heterocycles. The quantitative estimate of drug-likeness (QED) is 0.679. The zero-order valence-electron chi connectivity index (χ0n) is 10.8. The molecule has 18 heavy (non-hydrogen) atoms. The van der Waals surface area contributed by atoms with E-state index >= 15 is 0 Å². The fourth-order valence-electron chi connectivity index (χ4n) is 1.48. The van der Waals surface area contributed by atoms with Gasteiger partial charge in [0, 0.05) is 23.3 Å². The van der Waals surface area contributed by atoms with E-state index in [-0.39, 0.29) is 0 Å². The molecule has 0 aliphatic heterocycles. The third-order valence-corrected chi connectivity index (χ3v) is 3.75. The van der Waals surface area contributed by atoms with Crippen LogP contribution >= 0.6 is 11.8 Å². The Kier molecular flexibility index (Phi) is 3.81. The minimum absolute atomic E-state index is 0.544. The number of thioether (sulfide) groups is 1. The maximum atomic E-state index is 5.55. The summed E-state index contributed by atoms with van der Waals surface area (Å²) >= 11 is 1.61. The average molecular weight is 260 g/mol. The Morgan fingerprint density at radius 2 is 1.78 bits per heavy atom. The van der Waals surface area contributed by atoms with Crippen LogP contribution in [0.5, 0.6) is 0 Å². The molecule has 5 heteroatoms. The first-order valence-corrected chi connectivity index (χ1v) is 6.70. The Labute approximate surface area is 111 Å². The highest BCUT2D eigenvalue weighted by Gasteiger charge is 2.05. The number of aromatic nitrogens is 3. The monoisotopic (exact) mass is 260 g/mol. The number of anilines is 1. The van der Waals surface area contributed by atoms with Gasteiger partial charge in [-0.25, -0.2) is 15.0 Å². The summed E-state index contributed by atoms with van der Waals surface area (Å²) in [5.41, 5.74) is 9.91.